The molecular weight excluding hydrogens is 266 g/mol. The normalized spacial score (nSPS) is 11.1. The predicted molar refractivity (Wildman–Crippen MR) is 68.2 cm³/mol. The summed E-state index contributed by atoms with van der Waals surface area (Å²) in [5, 5.41) is 4.42. The van der Waals surface area contributed by atoms with E-state index in [4.69, 9.17) is 0 Å². The van der Waals surface area contributed by atoms with Crippen molar-refractivity contribution in [1.29, 1.82) is 0 Å². The van der Waals surface area contributed by atoms with Gasteiger partial charge in [-0.2, -0.15) is 5.10 Å². The zero-order valence-electron chi connectivity index (χ0n) is 9.61. The van der Waals surface area contributed by atoms with Crippen LogP contribution in [-0.4, -0.2) is 14.8 Å². The molecule has 0 aliphatic heterocycles. The molecule has 16 heavy (non-hydrogen) atoms. The van der Waals surface area contributed by atoms with Crippen LogP contribution in [0.2, 0.25) is 0 Å². The Balaban J connectivity index is 2.41. The monoisotopic (exact) mass is 279 g/mol. The number of aromatic nitrogens is 3. The summed E-state index contributed by atoms with van der Waals surface area (Å²) in [6.07, 6.45) is 0. The number of rotatable bonds is 2. The molecule has 1 aromatic heterocycles. The second-order valence-electron chi connectivity index (χ2n) is 4.08. The summed E-state index contributed by atoms with van der Waals surface area (Å²) in [6, 6.07) is 8.04. The molecule has 1 aromatic carbocycles. The van der Waals surface area contributed by atoms with E-state index >= 15 is 0 Å². The van der Waals surface area contributed by atoms with Crippen molar-refractivity contribution in [3.63, 3.8) is 0 Å². The predicted octanol–water partition coefficient (Wildman–Crippen LogP) is 3.37. The number of nitrogens with zero attached hydrogens (tertiary/aromatic N) is 3. The zero-order valence-corrected chi connectivity index (χ0v) is 11.2. The molecule has 2 aromatic rings. The van der Waals surface area contributed by atoms with Crippen LogP contribution >= 0.6 is 15.9 Å². The van der Waals surface area contributed by atoms with Gasteiger partial charge in [-0.05, 0) is 12.1 Å². The number of hydrogen-bond acceptors (Lipinski definition) is 2. The van der Waals surface area contributed by atoms with Crippen LogP contribution in [0.3, 0.4) is 0 Å². The Kier molecular flexibility index (Phi) is 3.10. The Morgan fingerprint density at radius 1 is 1.19 bits per heavy atom. The molecule has 84 valence electrons. The molecule has 0 N–H and O–H groups in total. The second kappa shape index (κ2) is 4.37. The lowest BCUT2D eigenvalue weighted by Crippen LogP contribution is -2.00. The van der Waals surface area contributed by atoms with Gasteiger partial charge in [0.05, 0.1) is 0 Å². The summed E-state index contributed by atoms with van der Waals surface area (Å²) in [7, 11) is 1.94. The Hall–Kier alpha value is -1.16. The number of benzene rings is 1. The van der Waals surface area contributed by atoms with Gasteiger partial charge in [-0.3, -0.25) is 4.68 Å². The summed E-state index contributed by atoms with van der Waals surface area (Å²) >= 11 is 3.41. The fraction of sp³-hybridized carbons (Fsp3) is 0.333. The molecule has 0 aliphatic carbocycles. The van der Waals surface area contributed by atoms with Crippen LogP contribution in [0, 0.1) is 0 Å². The minimum Gasteiger partial charge on any atom is -0.252 e. The Morgan fingerprint density at radius 3 is 2.31 bits per heavy atom. The Labute approximate surface area is 104 Å². The van der Waals surface area contributed by atoms with Crippen LogP contribution < -0.4 is 0 Å². The third-order valence-corrected chi connectivity index (χ3v) is 2.94. The van der Waals surface area contributed by atoms with E-state index < -0.39 is 0 Å². The summed E-state index contributed by atoms with van der Waals surface area (Å²) in [5.74, 6) is 2.19. The first-order valence-corrected chi connectivity index (χ1v) is 6.04. The van der Waals surface area contributed by atoms with Crippen molar-refractivity contribution >= 4 is 15.9 Å². The van der Waals surface area contributed by atoms with E-state index in [1.807, 2.05) is 36.0 Å². The van der Waals surface area contributed by atoms with Crippen LogP contribution in [-0.2, 0) is 7.05 Å². The minimum atomic E-state index is 0.390. The maximum atomic E-state index is 4.55. The van der Waals surface area contributed by atoms with Gasteiger partial charge in [-0.1, -0.05) is 41.9 Å². The van der Waals surface area contributed by atoms with Crippen molar-refractivity contribution in [2.45, 2.75) is 19.8 Å². The van der Waals surface area contributed by atoms with Crippen molar-refractivity contribution in [2.75, 3.05) is 0 Å². The number of aryl methyl sites for hydroxylation is 1. The summed E-state index contributed by atoms with van der Waals surface area (Å²) < 4.78 is 2.92. The Morgan fingerprint density at radius 2 is 1.81 bits per heavy atom. The van der Waals surface area contributed by atoms with E-state index in [0.29, 0.717) is 5.92 Å². The molecular formula is C12H14BrN3. The van der Waals surface area contributed by atoms with E-state index in [2.05, 4.69) is 39.9 Å². The van der Waals surface area contributed by atoms with Crippen LogP contribution in [0.1, 0.15) is 25.6 Å². The van der Waals surface area contributed by atoms with E-state index in [0.717, 1.165) is 21.7 Å². The van der Waals surface area contributed by atoms with Crippen molar-refractivity contribution in [3.05, 3.63) is 34.6 Å². The molecule has 0 amide bonds. The van der Waals surface area contributed by atoms with Crippen molar-refractivity contribution in [3.8, 4) is 11.4 Å². The number of hydrogen-bond donors (Lipinski definition) is 0. The molecule has 0 aliphatic rings. The van der Waals surface area contributed by atoms with E-state index in [1.54, 1.807) is 0 Å². The minimum absolute atomic E-state index is 0.390. The fourth-order valence-corrected chi connectivity index (χ4v) is 1.88. The van der Waals surface area contributed by atoms with Crippen molar-refractivity contribution < 1.29 is 0 Å². The van der Waals surface area contributed by atoms with Gasteiger partial charge in [0, 0.05) is 23.0 Å². The average molecular weight is 280 g/mol. The molecule has 1 heterocycles. The fourth-order valence-electron chi connectivity index (χ4n) is 1.62. The smallest absolute Gasteiger partial charge is 0.181 e. The molecule has 0 saturated carbocycles. The SMILES string of the molecule is CC(C)c1nc(-c2ccc(Br)cc2)nn1C. The molecule has 0 atom stereocenters. The van der Waals surface area contributed by atoms with E-state index in [-0.39, 0.29) is 0 Å². The van der Waals surface area contributed by atoms with Gasteiger partial charge < -0.3 is 0 Å². The third kappa shape index (κ3) is 2.16. The van der Waals surface area contributed by atoms with E-state index in [9.17, 15) is 0 Å². The largest absolute Gasteiger partial charge is 0.252 e. The molecule has 0 bridgehead atoms. The van der Waals surface area contributed by atoms with E-state index in [1.165, 1.54) is 0 Å². The zero-order chi connectivity index (χ0) is 11.7. The quantitative estimate of drug-likeness (QED) is 0.844. The van der Waals surface area contributed by atoms with Gasteiger partial charge in [-0.15, -0.1) is 0 Å². The van der Waals surface area contributed by atoms with Crippen molar-refractivity contribution in [1.82, 2.24) is 14.8 Å². The van der Waals surface area contributed by atoms with Crippen molar-refractivity contribution in [2.24, 2.45) is 7.05 Å². The average Bonchev–Trinajstić information content (AvgIpc) is 2.61. The summed E-state index contributed by atoms with van der Waals surface area (Å²) in [5.41, 5.74) is 1.05. The lowest BCUT2D eigenvalue weighted by Gasteiger charge is -2.00. The Bertz CT molecular complexity index is 485. The summed E-state index contributed by atoms with van der Waals surface area (Å²) in [6.45, 7) is 4.24. The van der Waals surface area contributed by atoms with Crippen LogP contribution in [0.15, 0.2) is 28.7 Å². The van der Waals surface area contributed by atoms with Gasteiger partial charge in [0.25, 0.3) is 0 Å². The first-order valence-electron chi connectivity index (χ1n) is 5.25. The van der Waals surface area contributed by atoms with Crippen LogP contribution in [0.5, 0.6) is 0 Å². The van der Waals surface area contributed by atoms with Gasteiger partial charge in [-0.25, -0.2) is 4.98 Å². The first kappa shape index (κ1) is 11.3. The molecule has 3 nitrogen and oxygen atoms in total. The topological polar surface area (TPSA) is 30.7 Å². The lowest BCUT2D eigenvalue weighted by molar-refractivity contribution is 0.655. The highest BCUT2D eigenvalue weighted by Crippen LogP contribution is 2.20. The van der Waals surface area contributed by atoms with Crippen LogP contribution in [0.25, 0.3) is 11.4 Å². The van der Waals surface area contributed by atoms with Gasteiger partial charge in [0.2, 0.25) is 0 Å². The van der Waals surface area contributed by atoms with Crippen LogP contribution in [0.4, 0.5) is 0 Å². The molecule has 2 rings (SSSR count). The number of halogens is 1. The first-order chi connectivity index (χ1) is 7.58. The lowest BCUT2D eigenvalue weighted by atomic mass is 10.2. The maximum Gasteiger partial charge on any atom is 0.181 e. The molecule has 0 fully saturated rings. The van der Waals surface area contributed by atoms with Gasteiger partial charge in [0.15, 0.2) is 5.82 Å². The highest BCUT2D eigenvalue weighted by atomic mass is 79.9. The second-order valence-corrected chi connectivity index (χ2v) is 4.99. The molecule has 4 heteroatoms. The molecule has 0 radical (unpaired) electrons. The maximum absolute atomic E-state index is 4.55. The molecule has 0 spiro atoms. The molecule has 0 saturated heterocycles. The highest BCUT2D eigenvalue weighted by molar-refractivity contribution is 9.10. The highest BCUT2D eigenvalue weighted by Gasteiger charge is 2.11. The van der Waals surface area contributed by atoms with Gasteiger partial charge >= 0.3 is 0 Å². The van der Waals surface area contributed by atoms with Gasteiger partial charge in [0.1, 0.15) is 5.82 Å². The standard InChI is InChI=1S/C12H14BrN3/c1-8(2)12-14-11(15-16(12)3)9-4-6-10(13)7-5-9/h4-8H,1-3H3. The molecule has 0 unspecified atom stereocenters. The summed E-state index contributed by atoms with van der Waals surface area (Å²) in [4.78, 5) is 4.55. The third-order valence-electron chi connectivity index (χ3n) is 2.42.